The smallest absolute Gasteiger partial charge is 0.231 e. The Morgan fingerprint density at radius 1 is 1.08 bits per heavy atom. The number of fused-ring (bicyclic) bond motifs is 3. The Morgan fingerprint density at radius 2 is 1.88 bits per heavy atom. The predicted molar refractivity (Wildman–Crippen MR) is 90.3 cm³/mol. The van der Waals surface area contributed by atoms with E-state index >= 15 is 0 Å². The quantitative estimate of drug-likeness (QED) is 0.936. The van der Waals surface area contributed by atoms with E-state index in [0.717, 1.165) is 42.4 Å². The molecule has 2 heterocycles. The lowest BCUT2D eigenvalue weighted by atomic mass is 9.89. The van der Waals surface area contributed by atoms with Crippen LogP contribution in [0.4, 0.5) is 0 Å². The van der Waals surface area contributed by atoms with Gasteiger partial charge in [-0.2, -0.15) is 0 Å². The van der Waals surface area contributed by atoms with E-state index in [4.69, 9.17) is 18.9 Å². The number of nitrogens with one attached hydrogen (secondary N) is 1. The molecule has 2 aliphatic heterocycles. The van der Waals surface area contributed by atoms with Crippen LogP contribution >= 0.6 is 0 Å². The summed E-state index contributed by atoms with van der Waals surface area (Å²) >= 11 is 0. The maximum Gasteiger partial charge on any atom is 0.231 e. The Bertz CT molecular complexity index is 742. The zero-order chi connectivity index (χ0) is 16.5. The Morgan fingerprint density at radius 3 is 2.62 bits per heavy atom. The Hall–Kier alpha value is -2.40. The highest BCUT2D eigenvalue weighted by molar-refractivity contribution is 5.61. The first-order valence-corrected chi connectivity index (χ1v) is 8.16. The minimum absolute atomic E-state index is 0.227. The molecule has 1 N–H and O–H groups in total. The van der Waals surface area contributed by atoms with E-state index < -0.39 is 0 Å². The van der Waals surface area contributed by atoms with Gasteiger partial charge in [0.15, 0.2) is 11.5 Å². The Balaban J connectivity index is 1.68. The van der Waals surface area contributed by atoms with E-state index in [1.54, 1.807) is 14.2 Å². The molecule has 0 spiro atoms. The average molecular weight is 327 g/mol. The lowest BCUT2D eigenvalue weighted by Gasteiger charge is -2.28. The van der Waals surface area contributed by atoms with Gasteiger partial charge in [0, 0.05) is 11.6 Å². The second-order valence-corrected chi connectivity index (χ2v) is 6.02. The third-order valence-electron chi connectivity index (χ3n) is 4.71. The van der Waals surface area contributed by atoms with Crippen molar-refractivity contribution in [3.8, 4) is 23.0 Å². The summed E-state index contributed by atoms with van der Waals surface area (Å²) in [5.41, 5.74) is 3.73. The van der Waals surface area contributed by atoms with Crippen LogP contribution in [-0.4, -0.2) is 27.6 Å². The van der Waals surface area contributed by atoms with E-state index in [1.807, 2.05) is 12.1 Å². The summed E-state index contributed by atoms with van der Waals surface area (Å²) in [6, 6.07) is 10.5. The van der Waals surface area contributed by atoms with Crippen LogP contribution in [0.5, 0.6) is 23.0 Å². The molecule has 2 aliphatic rings. The van der Waals surface area contributed by atoms with Crippen molar-refractivity contribution < 1.29 is 18.9 Å². The van der Waals surface area contributed by atoms with E-state index in [-0.39, 0.29) is 12.8 Å². The maximum absolute atomic E-state index is 5.72. The molecular formula is C19H21NO4. The lowest BCUT2D eigenvalue weighted by molar-refractivity contribution is 0.170. The summed E-state index contributed by atoms with van der Waals surface area (Å²) in [4.78, 5) is 0. The van der Waals surface area contributed by atoms with Gasteiger partial charge in [-0.3, -0.25) is 0 Å². The van der Waals surface area contributed by atoms with Gasteiger partial charge in [0.05, 0.1) is 14.2 Å². The Kier molecular flexibility index (Phi) is 3.94. The summed E-state index contributed by atoms with van der Waals surface area (Å²) in [6.45, 7) is 1.19. The summed E-state index contributed by atoms with van der Waals surface area (Å²) in [5.74, 6) is 3.21. The molecule has 0 bridgehead atoms. The third-order valence-corrected chi connectivity index (χ3v) is 4.71. The van der Waals surface area contributed by atoms with Gasteiger partial charge < -0.3 is 24.3 Å². The van der Waals surface area contributed by atoms with E-state index in [0.29, 0.717) is 0 Å². The van der Waals surface area contributed by atoms with Crippen LogP contribution in [0.1, 0.15) is 22.7 Å². The predicted octanol–water partition coefficient (Wildman–Crippen LogP) is 2.86. The first-order valence-electron chi connectivity index (χ1n) is 8.16. The first kappa shape index (κ1) is 15.1. The summed E-state index contributed by atoms with van der Waals surface area (Å²) in [7, 11) is 3.35. The zero-order valence-electron chi connectivity index (χ0n) is 13.9. The fourth-order valence-corrected chi connectivity index (χ4v) is 3.49. The van der Waals surface area contributed by atoms with Crippen LogP contribution in [0.3, 0.4) is 0 Å². The highest BCUT2D eigenvalue weighted by atomic mass is 16.7. The number of rotatable bonds is 4. The number of benzene rings is 2. The van der Waals surface area contributed by atoms with Crippen LogP contribution in [0.15, 0.2) is 30.3 Å². The van der Waals surface area contributed by atoms with Gasteiger partial charge in [-0.1, -0.05) is 12.1 Å². The summed E-state index contributed by atoms with van der Waals surface area (Å²) < 4.78 is 22.0. The molecule has 1 atom stereocenters. The second-order valence-electron chi connectivity index (χ2n) is 6.02. The van der Waals surface area contributed by atoms with Crippen LogP contribution in [0.2, 0.25) is 0 Å². The molecule has 2 aromatic rings. The fraction of sp³-hybridized carbons (Fsp3) is 0.368. The highest BCUT2D eigenvalue weighted by Gasteiger charge is 2.30. The molecule has 0 aliphatic carbocycles. The molecule has 0 fully saturated rings. The molecule has 0 unspecified atom stereocenters. The van der Waals surface area contributed by atoms with Crippen molar-refractivity contribution in [2.45, 2.75) is 18.9 Å². The molecule has 0 amide bonds. The largest absolute Gasteiger partial charge is 0.497 e. The standard InChI is InChI=1S/C19H21NO4/c1-21-13-5-3-12(4-6-13)9-16-15-10-17(22-2)19-18(23-11-24-19)14(15)7-8-20-16/h3-6,10,16,20H,7-9,11H2,1-2H3/t16-/m1/s1. The number of methoxy groups -OCH3 is 2. The molecule has 5 nitrogen and oxygen atoms in total. The monoisotopic (exact) mass is 327 g/mol. The van der Waals surface area contributed by atoms with Crippen LogP contribution in [-0.2, 0) is 12.8 Å². The molecule has 5 heteroatoms. The number of hydrogen-bond acceptors (Lipinski definition) is 5. The van der Waals surface area contributed by atoms with Crippen LogP contribution in [0, 0.1) is 0 Å². The third kappa shape index (κ3) is 2.55. The summed E-state index contributed by atoms with van der Waals surface area (Å²) in [6.07, 6.45) is 1.84. The number of hydrogen-bond donors (Lipinski definition) is 1. The van der Waals surface area contributed by atoms with Crippen LogP contribution in [0.25, 0.3) is 0 Å². The van der Waals surface area contributed by atoms with E-state index in [2.05, 4.69) is 23.5 Å². The summed E-state index contributed by atoms with van der Waals surface area (Å²) in [5, 5.41) is 3.61. The number of ether oxygens (including phenoxy) is 4. The zero-order valence-corrected chi connectivity index (χ0v) is 13.9. The van der Waals surface area contributed by atoms with Crippen molar-refractivity contribution in [2.75, 3.05) is 27.6 Å². The SMILES string of the molecule is COc1ccc(C[C@H]2NCCc3c2cc(OC)c2c3OCO2)cc1. The average Bonchev–Trinajstić information content (AvgIpc) is 3.12. The Labute approximate surface area is 141 Å². The molecule has 24 heavy (non-hydrogen) atoms. The van der Waals surface area contributed by atoms with Crippen molar-refractivity contribution in [3.63, 3.8) is 0 Å². The minimum Gasteiger partial charge on any atom is -0.497 e. The van der Waals surface area contributed by atoms with Crippen molar-refractivity contribution in [1.82, 2.24) is 5.32 Å². The fourth-order valence-electron chi connectivity index (χ4n) is 3.49. The topological polar surface area (TPSA) is 49.0 Å². The van der Waals surface area contributed by atoms with Gasteiger partial charge in [0.2, 0.25) is 12.5 Å². The first-order chi connectivity index (χ1) is 11.8. The van der Waals surface area contributed by atoms with Gasteiger partial charge in [-0.15, -0.1) is 0 Å². The maximum atomic E-state index is 5.72. The molecule has 4 rings (SSSR count). The molecular weight excluding hydrogens is 306 g/mol. The van der Waals surface area contributed by atoms with Gasteiger partial charge in [-0.05, 0) is 48.7 Å². The van der Waals surface area contributed by atoms with Crippen molar-refractivity contribution in [2.24, 2.45) is 0 Å². The van der Waals surface area contributed by atoms with Crippen molar-refractivity contribution in [3.05, 3.63) is 47.0 Å². The van der Waals surface area contributed by atoms with Crippen LogP contribution < -0.4 is 24.3 Å². The van der Waals surface area contributed by atoms with Gasteiger partial charge in [0.25, 0.3) is 0 Å². The van der Waals surface area contributed by atoms with Crippen molar-refractivity contribution in [1.29, 1.82) is 0 Å². The van der Waals surface area contributed by atoms with E-state index in [1.165, 1.54) is 16.7 Å². The normalized spacial score (nSPS) is 18.2. The lowest BCUT2D eigenvalue weighted by Crippen LogP contribution is -2.31. The van der Waals surface area contributed by atoms with E-state index in [9.17, 15) is 0 Å². The van der Waals surface area contributed by atoms with Crippen molar-refractivity contribution >= 4 is 0 Å². The molecule has 0 radical (unpaired) electrons. The highest BCUT2D eigenvalue weighted by Crippen LogP contribution is 2.48. The minimum atomic E-state index is 0.227. The second kappa shape index (κ2) is 6.24. The molecule has 126 valence electrons. The van der Waals surface area contributed by atoms with Gasteiger partial charge >= 0.3 is 0 Å². The molecule has 2 aromatic carbocycles. The molecule has 0 aromatic heterocycles. The molecule has 0 saturated carbocycles. The van der Waals surface area contributed by atoms with Gasteiger partial charge in [0.1, 0.15) is 5.75 Å². The molecule has 0 saturated heterocycles. The van der Waals surface area contributed by atoms with Gasteiger partial charge in [-0.25, -0.2) is 0 Å².